The zero-order valence-electron chi connectivity index (χ0n) is 10.5. The smallest absolute Gasteiger partial charge is 0.314 e. The number of ether oxygens (including phenoxy) is 1. The molecule has 0 saturated carbocycles. The molecule has 0 atom stereocenters. The van der Waals surface area contributed by atoms with Crippen LogP contribution in [0.25, 0.3) is 0 Å². The Balaban J connectivity index is 2.37. The number of nitro groups is 1. The maximum absolute atomic E-state index is 13.0. The van der Waals surface area contributed by atoms with Crippen LogP contribution in [0.4, 0.5) is 10.1 Å². The summed E-state index contributed by atoms with van der Waals surface area (Å²) < 4.78 is 18.4. The molecule has 0 saturated heterocycles. The monoisotopic (exact) mass is 309 g/mol. The second-order valence-electron chi connectivity index (χ2n) is 4.03. The largest absolute Gasteiger partial charge is 0.450 e. The van der Waals surface area contributed by atoms with E-state index in [4.69, 9.17) is 27.5 Å². The van der Waals surface area contributed by atoms with E-state index in [9.17, 15) is 14.5 Å². The van der Waals surface area contributed by atoms with Gasteiger partial charge in [-0.3, -0.25) is 15.5 Å². The molecule has 0 amide bonds. The molecule has 8 heteroatoms. The molecule has 6 nitrogen and oxygen atoms in total. The van der Waals surface area contributed by atoms with Crippen molar-refractivity contribution in [2.75, 3.05) is 0 Å². The van der Waals surface area contributed by atoms with E-state index in [0.717, 1.165) is 18.2 Å². The molecule has 2 aromatic carbocycles. The Hall–Kier alpha value is -2.67. The van der Waals surface area contributed by atoms with Crippen molar-refractivity contribution in [3.05, 3.63) is 62.9 Å². The summed E-state index contributed by atoms with van der Waals surface area (Å²) in [4.78, 5) is 10.1. The topological polar surface area (TPSA) is 102 Å². The molecule has 0 bridgehead atoms. The average molecular weight is 310 g/mol. The lowest BCUT2D eigenvalue weighted by Crippen LogP contribution is -2.11. The van der Waals surface area contributed by atoms with Crippen molar-refractivity contribution in [2.45, 2.75) is 0 Å². The highest BCUT2D eigenvalue weighted by atomic mass is 35.5. The molecular weight excluding hydrogens is 301 g/mol. The van der Waals surface area contributed by atoms with Crippen molar-refractivity contribution in [3.8, 4) is 11.5 Å². The van der Waals surface area contributed by atoms with Crippen molar-refractivity contribution in [1.29, 1.82) is 5.41 Å². The Morgan fingerprint density at radius 3 is 2.62 bits per heavy atom. The molecule has 2 rings (SSSR count). The first-order chi connectivity index (χ1) is 9.88. The zero-order chi connectivity index (χ0) is 15.6. The maximum Gasteiger partial charge on any atom is 0.314 e. The lowest BCUT2D eigenvalue weighted by atomic mass is 10.2. The maximum atomic E-state index is 13.0. The molecule has 0 spiro atoms. The average Bonchev–Trinajstić information content (AvgIpc) is 2.40. The van der Waals surface area contributed by atoms with Crippen LogP contribution in [0.15, 0.2) is 36.4 Å². The van der Waals surface area contributed by atoms with Gasteiger partial charge in [0.25, 0.3) is 0 Å². The van der Waals surface area contributed by atoms with Gasteiger partial charge in [0, 0.05) is 11.6 Å². The predicted octanol–water partition coefficient (Wildman–Crippen LogP) is 3.46. The molecule has 0 heterocycles. The summed E-state index contributed by atoms with van der Waals surface area (Å²) in [6.45, 7) is 0. The van der Waals surface area contributed by atoms with Crippen LogP contribution in [0, 0.1) is 21.3 Å². The number of nitrogens with one attached hydrogen (secondary N) is 1. The lowest BCUT2D eigenvalue weighted by molar-refractivity contribution is -0.385. The van der Waals surface area contributed by atoms with E-state index >= 15 is 0 Å². The number of nitrogens with two attached hydrogens (primary N) is 1. The van der Waals surface area contributed by atoms with Crippen molar-refractivity contribution >= 4 is 23.1 Å². The quantitative estimate of drug-likeness (QED) is 0.390. The van der Waals surface area contributed by atoms with Crippen LogP contribution in [0.5, 0.6) is 11.5 Å². The molecule has 0 aromatic heterocycles. The molecule has 0 fully saturated rings. The van der Waals surface area contributed by atoms with E-state index in [1.807, 2.05) is 0 Å². The van der Waals surface area contributed by atoms with Crippen LogP contribution in [-0.4, -0.2) is 10.8 Å². The Bertz CT molecular complexity index is 737. The molecule has 0 radical (unpaired) electrons. The highest BCUT2D eigenvalue weighted by Crippen LogP contribution is 2.33. The van der Waals surface area contributed by atoms with Crippen LogP contribution in [-0.2, 0) is 0 Å². The number of benzene rings is 2. The fourth-order valence-electron chi connectivity index (χ4n) is 1.62. The van der Waals surface area contributed by atoms with Gasteiger partial charge >= 0.3 is 5.69 Å². The molecule has 21 heavy (non-hydrogen) atoms. The molecule has 0 aliphatic rings. The Labute approximate surface area is 123 Å². The van der Waals surface area contributed by atoms with E-state index in [0.29, 0.717) is 5.56 Å². The number of nitrogens with zero attached hydrogens (tertiary/aromatic N) is 1. The van der Waals surface area contributed by atoms with Crippen LogP contribution in [0.3, 0.4) is 0 Å². The highest BCUT2D eigenvalue weighted by Gasteiger charge is 2.17. The fraction of sp³-hybridized carbons (Fsp3) is 0. The van der Waals surface area contributed by atoms with Gasteiger partial charge in [-0.25, -0.2) is 4.39 Å². The van der Waals surface area contributed by atoms with Crippen LogP contribution < -0.4 is 10.5 Å². The van der Waals surface area contributed by atoms with E-state index in [1.54, 1.807) is 0 Å². The second-order valence-corrected chi connectivity index (χ2v) is 4.43. The summed E-state index contributed by atoms with van der Waals surface area (Å²) in [7, 11) is 0. The van der Waals surface area contributed by atoms with Gasteiger partial charge in [0.2, 0.25) is 5.75 Å². The number of amidine groups is 1. The molecule has 3 N–H and O–H groups in total. The van der Waals surface area contributed by atoms with E-state index in [2.05, 4.69) is 0 Å². The Morgan fingerprint density at radius 2 is 2.05 bits per heavy atom. The third-order valence-corrected chi connectivity index (χ3v) is 2.89. The first-order valence-electron chi connectivity index (χ1n) is 5.64. The highest BCUT2D eigenvalue weighted by molar-refractivity contribution is 6.34. The minimum absolute atomic E-state index is 0.118. The number of halogens is 2. The Kier molecular flexibility index (Phi) is 4.04. The van der Waals surface area contributed by atoms with Gasteiger partial charge in [-0.1, -0.05) is 11.6 Å². The van der Waals surface area contributed by atoms with E-state index in [1.165, 1.54) is 18.2 Å². The van der Waals surface area contributed by atoms with E-state index < -0.39 is 16.4 Å². The summed E-state index contributed by atoms with van der Waals surface area (Å²) in [6, 6.07) is 7.24. The third kappa shape index (κ3) is 3.26. The molecule has 2 aromatic rings. The summed E-state index contributed by atoms with van der Waals surface area (Å²) >= 11 is 5.92. The molecule has 0 unspecified atom stereocenters. The Morgan fingerprint density at radius 1 is 1.33 bits per heavy atom. The van der Waals surface area contributed by atoms with Crippen molar-refractivity contribution < 1.29 is 14.1 Å². The molecular formula is C13H9ClFN3O3. The summed E-state index contributed by atoms with van der Waals surface area (Å²) in [5.74, 6) is -0.855. The van der Waals surface area contributed by atoms with Crippen LogP contribution in [0.2, 0.25) is 5.02 Å². The van der Waals surface area contributed by atoms with Gasteiger partial charge in [0.05, 0.1) is 16.0 Å². The van der Waals surface area contributed by atoms with Crippen molar-refractivity contribution in [1.82, 2.24) is 0 Å². The minimum atomic E-state index is -0.746. The number of nitrogen functional groups attached to an aromatic ring is 1. The molecule has 0 aliphatic heterocycles. The number of nitro benzene ring substituents is 1. The predicted molar refractivity (Wildman–Crippen MR) is 75.6 cm³/mol. The van der Waals surface area contributed by atoms with Crippen molar-refractivity contribution in [3.63, 3.8) is 0 Å². The first-order valence-corrected chi connectivity index (χ1v) is 6.02. The van der Waals surface area contributed by atoms with Crippen molar-refractivity contribution in [2.24, 2.45) is 5.73 Å². The third-order valence-electron chi connectivity index (χ3n) is 2.58. The van der Waals surface area contributed by atoms with Gasteiger partial charge in [-0.2, -0.15) is 0 Å². The van der Waals surface area contributed by atoms with Gasteiger partial charge < -0.3 is 10.5 Å². The van der Waals surface area contributed by atoms with Gasteiger partial charge in [-0.05, 0) is 24.3 Å². The first kappa shape index (κ1) is 14.7. The minimum Gasteiger partial charge on any atom is -0.450 e. The molecule has 0 aliphatic carbocycles. The SMILES string of the molecule is N=C(N)c1ccc(Oc2ccc(F)cc2[N+](=O)[O-])cc1Cl. The van der Waals surface area contributed by atoms with Gasteiger partial charge in [0.1, 0.15) is 17.4 Å². The van der Waals surface area contributed by atoms with Crippen LogP contribution >= 0.6 is 11.6 Å². The number of rotatable bonds is 4. The van der Waals surface area contributed by atoms with E-state index in [-0.39, 0.29) is 22.4 Å². The summed E-state index contributed by atoms with van der Waals surface area (Å²) in [5, 5.41) is 18.3. The zero-order valence-corrected chi connectivity index (χ0v) is 11.2. The summed E-state index contributed by atoms with van der Waals surface area (Å²) in [5.41, 5.74) is 5.14. The van der Waals surface area contributed by atoms with Gasteiger partial charge in [-0.15, -0.1) is 0 Å². The van der Waals surface area contributed by atoms with Crippen LogP contribution in [0.1, 0.15) is 5.56 Å². The lowest BCUT2D eigenvalue weighted by Gasteiger charge is -2.08. The van der Waals surface area contributed by atoms with Gasteiger partial charge in [0.15, 0.2) is 0 Å². The number of hydrogen-bond acceptors (Lipinski definition) is 4. The standard InChI is InChI=1S/C13H9ClFN3O3/c14-10-6-8(2-3-9(10)13(16)17)21-12-4-1-7(15)5-11(12)18(19)20/h1-6H,(H3,16,17). The fourth-order valence-corrected chi connectivity index (χ4v) is 1.90. The number of hydrogen-bond donors (Lipinski definition) is 2. The molecule has 108 valence electrons. The summed E-state index contributed by atoms with van der Waals surface area (Å²) in [6.07, 6.45) is 0. The normalized spacial score (nSPS) is 10.2. The second kappa shape index (κ2) is 5.76.